The monoisotopic (exact) mass is 543 g/mol. The van der Waals surface area contributed by atoms with Gasteiger partial charge in [-0.2, -0.15) is 0 Å². The normalized spacial score (nSPS) is 19.8. The zero-order valence-electron chi connectivity index (χ0n) is 21.3. The highest BCUT2D eigenvalue weighted by Crippen LogP contribution is 2.33. The maximum Gasteiger partial charge on any atom is 0.193 e. The van der Waals surface area contributed by atoms with Gasteiger partial charge in [0.15, 0.2) is 6.29 Å². The van der Waals surface area contributed by atoms with Crippen LogP contribution in [0.5, 0.6) is 0 Å². The number of rotatable bonds is 8. The van der Waals surface area contributed by atoms with E-state index in [4.69, 9.17) is 14.2 Å². The van der Waals surface area contributed by atoms with Crippen LogP contribution in [0, 0.1) is 11.8 Å². The summed E-state index contributed by atoms with van der Waals surface area (Å²) in [5.74, 6) is 7.68. The van der Waals surface area contributed by atoms with Crippen LogP contribution in [0.3, 0.4) is 0 Å². The Morgan fingerprint density at radius 3 is 2.81 bits per heavy atom. The van der Waals surface area contributed by atoms with Gasteiger partial charge < -0.3 is 19.5 Å². The zero-order chi connectivity index (χ0) is 25.0. The van der Waals surface area contributed by atoms with Gasteiger partial charge in [0.2, 0.25) is 0 Å². The van der Waals surface area contributed by atoms with Crippen LogP contribution in [0.4, 0.5) is 0 Å². The average molecular weight is 544 g/mol. The van der Waals surface area contributed by atoms with Crippen LogP contribution in [0.25, 0.3) is 5.57 Å². The van der Waals surface area contributed by atoms with E-state index in [1.807, 2.05) is 23.1 Å². The maximum atomic E-state index is 6.27. The maximum absolute atomic E-state index is 6.27. The fourth-order valence-electron chi connectivity index (χ4n) is 4.16. The van der Waals surface area contributed by atoms with Crippen molar-refractivity contribution in [2.75, 3.05) is 32.1 Å². The van der Waals surface area contributed by atoms with E-state index < -0.39 is 0 Å². The molecule has 1 saturated heterocycles. The van der Waals surface area contributed by atoms with E-state index in [1.54, 1.807) is 11.3 Å². The van der Waals surface area contributed by atoms with Crippen molar-refractivity contribution in [2.45, 2.75) is 65.0 Å². The van der Waals surface area contributed by atoms with Gasteiger partial charge in [-0.05, 0) is 59.7 Å². The summed E-state index contributed by atoms with van der Waals surface area (Å²) in [7, 11) is 0. The highest BCUT2D eigenvalue weighted by molar-refractivity contribution is 8.02. The van der Waals surface area contributed by atoms with Crippen molar-refractivity contribution < 1.29 is 14.2 Å². The van der Waals surface area contributed by atoms with Crippen LogP contribution in [-0.2, 0) is 20.8 Å². The quantitative estimate of drug-likeness (QED) is 0.214. The predicted octanol–water partition coefficient (Wildman–Crippen LogP) is 7.39. The molecule has 4 nitrogen and oxygen atoms in total. The van der Waals surface area contributed by atoms with Crippen LogP contribution < -0.4 is 5.32 Å². The lowest BCUT2D eigenvalue weighted by Gasteiger charge is -2.23. The van der Waals surface area contributed by atoms with Gasteiger partial charge in [-0.3, -0.25) is 0 Å². The number of nitrogens with one attached hydrogen (secondary N) is 1. The Morgan fingerprint density at radius 1 is 1.14 bits per heavy atom. The Morgan fingerprint density at radius 2 is 2.00 bits per heavy atom. The molecule has 7 heteroatoms. The SMILES string of the molecule is C(#Cc1csc(C2OCCO2)c1)CNCC1=CCCC(OCc2cc(C3=CSCC3)cs2)C1.CCC. The number of thioether (sulfide) groups is 1. The van der Waals surface area contributed by atoms with Crippen LogP contribution in [-0.4, -0.2) is 38.2 Å². The van der Waals surface area contributed by atoms with Gasteiger partial charge in [0.25, 0.3) is 0 Å². The third-order valence-electron chi connectivity index (χ3n) is 5.88. The molecule has 2 aromatic rings. The van der Waals surface area contributed by atoms with Crippen LogP contribution >= 0.6 is 34.4 Å². The van der Waals surface area contributed by atoms with E-state index in [-0.39, 0.29) is 6.29 Å². The van der Waals surface area contributed by atoms with Crippen molar-refractivity contribution in [1.29, 1.82) is 0 Å². The molecule has 0 radical (unpaired) electrons. The minimum absolute atomic E-state index is 0.206. The van der Waals surface area contributed by atoms with Gasteiger partial charge in [0.05, 0.1) is 37.3 Å². The Labute approximate surface area is 228 Å². The first-order valence-electron chi connectivity index (χ1n) is 12.9. The molecule has 0 spiro atoms. The second-order valence-electron chi connectivity index (χ2n) is 9.07. The van der Waals surface area contributed by atoms with Gasteiger partial charge >= 0.3 is 0 Å². The molecule has 0 aromatic carbocycles. The van der Waals surface area contributed by atoms with Crippen LogP contribution in [0.2, 0.25) is 0 Å². The van der Waals surface area contributed by atoms with Gasteiger partial charge in [-0.1, -0.05) is 43.8 Å². The molecular formula is C29H37NO3S3. The Balaban J connectivity index is 0.000000967. The van der Waals surface area contributed by atoms with Crippen molar-refractivity contribution in [1.82, 2.24) is 5.32 Å². The Hall–Kier alpha value is -1.37. The number of allylic oxidation sites excluding steroid dienone is 2. The molecule has 1 N–H and O–H groups in total. The van der Waals surface area contributed by atoms with E-state index in [0.29, 0.717) is 25.9 Å². The molecular weight excluding hydrogens is 507 g/mol. The first-order chi connectivity index (χ1) is 17.7. The largest absolute Gasteiger partial charge is 0.372 e. The van der Waals surface area contributed by atoms with Gasteiger partial charge in [0.1, 0.15) is 0 Å². The van der Waals surface area contributed by atoms with Gasteiger partial charge in [0, 0.05) is 28.1 Å². The third-order valence-corrected chi connectivity index (χ3v) is 8.64. The minimum Gasteiger partial charge on any atom is -0.372 e. The van der Waals surface area contributed by atoms with Crippen molar-refractivity contribution in [3.05, 3.63) is 60.8 Å². The lowest BCUT2D eigenvalue weighted by atomic mass is 9.96. The molecule has 4 heterocycles. The first kappa shape index (κ1) is 27.7. The smallest absolute Gasteiger partial charge is 0.193 e. The van der Waals surface area contributed by atoms with E-state index in [9.17, 15) is 0 Å². The summed E-state index contributed by atoms with van der Waals surface area (Å²) in [5, 5.41) is 10.1. The van der Waals surface area contributed by atoms with Gasteiger partial charge in [-0.25, -0.2) is 0 Å². The molecule has 1 unspecified atom stereocenters. The predicted molar refractivity (Wildman–Crippen MR) is 155 cm³/mol. The molecule has 36 heavy (non-hydrogen) atoms. The van der Waals surface area contributed by atoms with Crippen molar-refractivity contribution in [3.8, 4) is 11.8 Å². The molecule has 2 aromatic heterocycles. The van der Waals surface area contributed by atoms with Crippen molar-refractivity contribution >= 4 is 40.0 Å². The molecule has 1 atom stereocenters. The standard InChI is InChI=1S/C26H29NO3S3.C3H8/c1-3-19(14-27-7-2-4-20-12-25(33-16-20)26-28-8-9-29-26)11-23(5-1)30-15-24-13-22(18-32-24)21-6-10-31-17-21;1-3-2/h3,12-13,16-18,23,26-27H,1,5-11,14-15H2;3H2,1-2H3. The average Bonchev–Trinajstić information content (AvgIpc) is 3.70. The third kappa shape index (κ3) is 8.59. The number of thiophene rings is 2. The number of hydrogen-bond donors (Lipinski definition) is 1. The number of ether oxygens (including phenoxy) is 3. The molecule has 2 aliphatic heterocycles. The molecule has 5 rings (SSSR count). The van der Waals surface area contributed by atoms with Crippen molar-refractivity contribution in [3.63, 3.8) is 0 Å². The van der Waals surface area contributed by atoms with Gasteiger partial charge in [-0.15, -0.1) is 34.4 Å². The molecule has 0 amide bonds. The van der Waals surface area contributed by atoms with E-state index in [1.165, 1.54) is 40.2 Å². The zero-order valence-corrected chi connectivity index (χ0v) is 23.8. The summed E-state index contributed by atoms with van der Waals surface area (Å²) in [6.07, 6.45) is 8.12. The highest BCUT2D eigenvalue weighted by atomic mass is 32.2. The van der Waals surface area contributed by atoms with Crippen LogP contribution in [0.15, 0.2) is 40.0 Å². The van der Waals surface area contributed by atoms with E-state index >= 15 is 0 Å². The molecule has 1 aliphatic carbocycles. The summed E-state index contributed by atoms with van der Waals surface area (Å²) >= 11 is 5.38. The molecule has 1 fully saturated rings. The molecule has 0 saturated carbocycles. The van der Waals surface area contributed by atoms with E-state index in [2.05, 4.69) is 65.4 Å². The molecule has 0 bridgehead atoms. The summed E-state index contributed by atoms with van der Waals surface area (Å²) in [6.45, 7) is 7.87. The second kappa shape index (κ2) is 15.1. The second-order valence-corrected chi connectivity index (χ2v) is 12.0. The van der Waals surface area contributed by atoms with Crippen molar-refractivity contribution in [2.24, 2.45) is 0 Å². The number of hydrogen-bond acceptors (Lipinski definition) is 7. The lowest BCUT2D eigenvalue weighted by molar-refractivity contribution is -0.0413. The fourth-order valence-corrected chi connectivity index (χ4v) is 6.73. The highest BCUT2D eigenvalue weighted by Gasteiger charge is 2.20. The lowest BCUT2D eigenvalue weighted by Crippen LogP contribution is -2.23. The first-order valence-corrected chi connectivity index (χ1v) is 15.7. The Kier molecular flexibility index (Phi) is 11.6. The van der Waals surface area contributed by atoms with Crippen LogP contribution in [0.1, 0.15) is 73.1 Å². The minimum atomic E-state index is -0.206. The summed E-state index contributed by atoms with van der Waals surface area (Å²) in [6, 6.07) is 4.38. The fraction of sp³-hybridized carbons (Fsp3) is 0.517. The van der Waals surface area contributed by atoms with E-state index in [0.717, 1.165) is 42.9 Å². The summed E-state index contributed by atoms with van der Waals surface area (Å²) < 4.78 is 17.4. The summed E-state index contributed by atoms with van der Waals surface area (Å²) in [4.78, 5) is 2.42. The summed E-state index contributed by atoms with van der Waals surface area (Å²) in [5.41, 5.74) is 5.33. The molecule has 194 valence electrons. The molecule has 3 aliphatic rings. The Bertz CT molecular complexity index is 1070. The topological polar surface area (TPSA) is 39.7 Å².